The third kappa shape index (κ3) is 1.50. The molecule has 0 atom stereocenters. The summed E-state index contributed by atoms with van der Waals surface area (Å²) in [5.74, 6) is 1.26. The molecule has 1 aromatic heterocycles. The zero-order valence-corrected chi connectivity index (χ0v) is 6.28. The van der Waals surface area contributed by atoms with Crippen LogP contribution >= 0.6 is 0 Å². The minimum absolute atomic E-state index is 0.0336. The molecule has 0 aliphatic rings. The van der Waals surface area contributed by atoms with Crippen molar-refractivity contribution >= 4 is 5.82 Å². The first-order valence-corrected chi connectivity index (χ1v) is 3.32. The molecule has 5 nitrogen and oxygen atoms in total. The average Bonchev–Trinajstić information content (AvgIpc) is 2.34. The number of hydrogen-bond donors (Lipinski definition) is 3. The van der Waals surface area contributed by atoms with Crippen LogP contribution in [0.5, 0.6) is 0 Å². The molecule has 0 aliphatic carbocycles. The molecule has 0 aromatic carbocycles. The number of aliphatic hydroxyl groups excluding tert-OH is 1. The van der Waals surface area contributed by atoms with Gasteiger partial charge in [0.15, 0.2) is 0 Å². The fourth-order valence-electron chi connectivity index (χ4n) is 0.940. The molecule has 11 heavy (non-hydrogen) atoms. The van der Waals surface area contributed by atoms with Crippen LogP contribution in [0.4, 0.5) is 5.82 Å². The predicted molar refractivity (Wildman–Crippen MR) is 39.5 cm³/mol. The van der Waals surface area contributed by atoms with Crippen LogP contribution in [-0.2, 0) is 6.54 Å². The van der Waals surface area contributed by atoms with Crippen molar-refractivity contribution in [3.63, 3.8) is 0 Å². The standard InChI is InChI=1S/C6H11N3O2/c1-5-7-4-6(8-11)9(5)2-3-10/h4,8,10-11H,2-3H2,1H3. The molecule has 0 aliphatic heterocycles. The number of aryl methyl sites for hydroxylation is 1. The molecule has 62 valence electrons. The van der Waals surface area contributed by atoms with Crippen molar-refractivity contribution in [3.8, 4) is 0 Å². The van der Waals surface area contributed by atoms with Gasteiger partial charge < -0.3 is 9.67 Å². The normalized spacial score (nSPS) is 10.1. The quantitative estimate of drug-likeness (QED) is 0.539. The van der Waals surface area contributed by atoms with E-state index in [4.69, 9.17) is 10.3 Å². The first kappa shape index (κ1) is 8.03. The van der Waals surface area contributed by atoms with E-state index in [0.29, 0.717) is 12.4 Å². The molecule has 0 bridgehead atoms. The van der Waals surface area contributed by atoms with E-state index < -0.39 is 0 Å². The minimum atomic E-state index is 0.0336. The van der Waals surface area contributed by atoms with Crippen LogP contribution in [-0.4, -0.2) is 26.5 Å². The second-order valence-corrected chi connectivity index (χ2v) is 2.18. The van der Waals surface area contributed by atoms with Crippen LogP contribution in [0.15, 0.2) is 6.20 Å². The Kier molecular flexibility index (Phi) is 2.45. The van der Waals surface area contributed by atoms with Crippen molar-refractivity contribution in [1.29, 1.82) is 0 Å². The Bertz CT molecular complexity index is 234. The topological polar surface area (TPSA) is 70.3 Å². The maximum atomic E-state index is 8.62. The number of imidazole rings is 1. The summed E-state index contributed by atoms with van der Waals surface area (Å²) in [5, 5.41) is 17.2. The zero-order valence-electron chi connectivity index (χ0n) is 6.28. The Hall–Kier alpha value is -1.07. The van der Waals surface area contributed by atoms with Gasteiger partial charge in [0, 0.05) is 6.54 Å². The molecule has 0 amide bonds. The molecule has 0 radical (unpaired) electrons. The number of rotatable bonds is 3. The van der Waals surface area contributed by atoms with Crippen LogP contribution in [0, 0.1) is 6.92 Å². The highest BCUT2D eigenvalue weighted by molar-refractivity contribution is 5.31. The zero-order chi connectivity index (χ0) is 8.27. The van der Waals surface area contributed by atoms with Gasteiger partial charge in [0.05, 0.1) is 12.8 Å². The number of aliphatic hydroxyl groups is 1. The van der Waals surface area contributed by atoms with Gasteiger partial charge in [0.1, 0.15) is 11.6 Å². The van der Waals surface area contributed by atoms with Crippen LogP contribution in [0.2, 0.25) is 0 Å². The molecule has 0 saturated carbocycles. The molecule has 0 fully saturated rings. The lowest BCUT2D eigenvalue weighted by Crippen LogP contribution is -2.07. The third-order valence-electron chi connectivity index (χ3n) is 1.49. The van der Waals surface area contributed by atoms with Crippen LogP contribution in [0.1, 0.15) is 5.82 Å². The number of hydrogen-bond acceptors (Lipinski definition) is 4. The van der Waals surface area contributed by atoms with Gasteiger partial charge >= 0.3 is 0 Å². The summed E-state index contributed by atoms with van der Waals surface area (Å²) in [6.45, 7) is 2.27. The van der Waals surface area contributed by atoms with E-state index in [2.05, 4.69) is 4.98 Å². The monoisotopic (exact) mass is 157 g/mol. The molecule has 0 saturated heterocycles. The van der Waals surface area contributed by atoms with E-state index in [0.717, 1.165) is 5.82 Å². The van der Waals surface area contributed by atoms with E-state index in [9.17, 15) is 0 Å². The summed E-state index contributed by atoms with van der Waals surface area (Å²) >= 11 is 0. The number of aromatic nitrogens is 2. The number of anilines is 1. The Morgan fingerprint density at radius 2 is 2.45 bits per heavy atom. The molecule has 0 unspecified atom stereocenters. The van der Waals surface area contributed by atoms with Crippen molar-refractivity contribution in [2.24, 2.45) is 0 Å². The summed E-state index contributed by atoms with van der Waals surface area (Å²) in [6.07, 6.45) is 1.50. The first-order chi connectivity index (χ1) is 5.29. The van der Waals surface area contributed by atoms with Crippen LogP contribution in [0.3, 0.4) is 0 Å². The maximum Gasteiger partial charge on any atom is 0.150 e. The lowest BCUT2D eigenvalue weighted by Gasteiger charge is -2.05. The highest BCUT2D eigenvalue weighted by Crippen LogP contribution is 2.08. The van der Waals surface area contributed by atoms with Gasteiger partial charge in [-0.2, -0.15) is 0 Å². The lowest BCUT2D eigenvalue weighted by atomic mass is 10.6. The second-order valence-electron chi connectivity index (χ2n) is 2.18. The van der Waals surface area contributed by atoms with Gasteiger partial charge in [-0.25, -0.2) is 4.98 Å². The van der Waals surface area contributed by atoms with E-state index in [1.807, 2.05) is 5.48 Å². The fourth-order valence-corrected chi connectivity index (χ4v) is 0.940. The van der Waals surface area contributed by atoms with Crippen LogP contribution in [0.25, 0.3) is 0 Å². The van der Waals surface area contributed by atoms with E-state index >= 15 is 0 Å². The largest absolute Gasteiger partial charge is 0.395 e. The highest BCUT2D eigenvalue weighted by Gasteiger charge is 2.03. The molecule has 1 aromatic rings. The Balaban J connectivity index is 2.88. The summed E-state index contributed by atoms with van der Waals surface area (Å²) in [7, 11) is 0. The Morgan fingerprint density at radius 3 is 3.00 bits per heavy atom. The Labute approximate surface area is 64.3 Å². The van der Waals surface area contributed by atoms with Crippen molar-refractivity contribution in [1.82, 2.24) is 9.55 Å². The first-order valence-electron chi connectivity index (χ1n) is 3.32. The van der Waals surface area contributed by atoms with Crippen molar-refractivity contribution < 1.29 is 10.3 Å². The number of nitrogens with one attached hydrogen (secondary N) is 1. The Morgan fingerprint density at radius 1 is 1.73 bits per heavy atom. The van der Waals surface area contributed by atoms with E-state index in [-0.39, 0.29) is 6.61 Å². The number of nitrogens with zero attached hydrogens (tertiary/aromatic N) is 2. The van der Waals surface area contributed by atoms with Crippen molar-refractivity contribution in [2.45, 2.75) is 13.5 Å². The van der Waals surface area contributed by atoms with Crippen LogP contribution < -0.4 is 5.48 Å². The van der Waals surface area contributed by atoms with E-state index in [1.165, 1.54) is 6.20 Å². The smallest absolute Gasteiger partial charge is 0.150 e. The van der Waals surface area contributed by atoms with Gasteiger partial charge in [0.2, 0.25) is 0 Å². The van der Waals surface area contributed by atoms with Crippen molar-refractivity contribution in [3.05, 3.63) is 12.0 Å². The molecule has 3 N–H and O–H groups in total. The second kappa shape index (κ2) is 3.36. The van der Waals surface area contributed by atoms with Gasteiger partial charge in [-0.1, -0.05) is 0 Å². The summed E-state index contributed by atoms with van der Waals surface area (Å²) in [5.41, 5.74) is 1.99. The summed E-state index contributed by atoms with van der Waals surface area (Å²) in [4.78, 5) is 3.94. The molecular weight excluding hydrogens is 146 g/mol. The molecular formula is C6H11N3O2. The van der Waals surface area contributed by atoms with Gasteiger partial charge in [-0.3, -0.25) is 10.7 Å². The maximum absolute atomic E-state index is 8.62. The summed E-state index contributed by atoms with van der Waals surface area (Å²) in [6, 6.07) is 0. The van der Waals surface area contributed by atoms with Gasteiger partial charge in [-0.15, -0.1) is 0 Å². The molecule has 1 rings (SSSR count). The molecule has 5 heteroatoms. The average molecular weight is 157 g/mol. The van der Waals surface area contributed by atoms with Gasteiger partial charge in [-0.05, 0) is 6.92 Å². The fraction of sp³-hybridized carbons (Fsp3) is 0.500. The SMILES string of the molecule is Cc1ncc(NO)n1CCO. The van der Waals surface area contributed by atoms with Gasteiger partial charge in [0.25, 0.3) is 0 Å². The lowest BCUT2D eigenvalue weighted by molar-refractivity contribution is 0.273. The summed E-state index contributed by atoms with van der Waals surface area (Å²) < 4.78 is 1.68. The minimum Gasteiger partial charge on any atom is -0.395 e. The molecule has 0 spiro atoms. The van der Waals surface area contributed by atoms with Crippen molar-refractivity contribution in [2.75, 3.05) is 12.1 Å². The van der Waals surface area contributed by atoms with E-state index in [1.54, 1.807) is 11.5 Å². The highest BCUT2D eigenvalue weighted by atomic mass is 16.5. The molecule has 1 heterocycles. The third-order valence-corrected chi connectivity index (χ3v) is 1.49. The predicted octanol–water partition coefficient (Wildman–Crippen LogP) is -0.0151.